The molecule has 1 unspecified atom stereocenters. The number of amides is 2. The van der Waals surface area contributed by atoms with Crippen molar-refractivity contribution in [3.63, 3.8) is 0 Å². The van der Waals surface area contributed by atoms with Gasteiger partial charge in [0.1, 0.15) is 0 Å². The van der Waals surface area contributed by atoms with E-state index in [4.69, 9.17) is 5.73 Å². The molecule has 0 spiro atoms. The first-order valence-electron chi connectivity index (χ1n) is 7.34. The second-order valence-corrected chi connectivity index (χ2v) is 4.06. The van der Waals surface area contributed by atoms with Crippen molar-refractivity contribution in [2.24, 2.45) is 5.73 Å². The molecule has 0 saturated carbocycles. The van der Waals surface area contributed by atoms with Crippen LogP contribution in [-0.4, -0.2) is 30.7 Å². The molecule has 0 bridgehead atoms. The molecule has 0 aliphatic carbocycles. The van der Waals surface area contributed by atoms with Crippen LogP contribution in [0.25, 0.3) is 0 Å². The van der Waals surface area contributed by atoms with Crippen LogP contribution in [0.1, 0.15) is 33.6 Å². The number of allylic oxidation sites excluding steroid dienone is 3. The first-order chi connectivity index (χ1) is 10.6. The molecular weight excluding hydrogens is 298 g/mol. The highest BCUT2D eigenvalue weighted by Gasteiger charge is 2.25. The van der Waals surface area contributed by atoms with E-state index in [-0.39, 0.29) is 17.9 Å². The lowest BCUT2D eigenvalue weighted by Gasteiger charge is -2.22. The van der Waals surface area contributed by atoms with Gasteiger partial charge in [-0.2, -0.15) is 12.6 Å². The van der Waals surface area contributed by atoms with Crippen molar-refractivity contribution in [1.82, 2.24) is 10.6 Å². The largest absolute Gasteiger partial charge is 0.398 e. The maximum Gasteiger partial charge on any atom is 0.243 e. The molecule has 1 rings (SSSR count). The van der Waals surface area contributed by atoms with Crippen LogP contribution in [0.5, 0.6) is 0 Å². The van der Waals surface area contributed by atoms with Gasteiger partial charge in [0.15, 0.2) is 0 Å². The Hall–Kier alpha value is -1.53. The third kappa shape index (κ3) is 8.69. The Morgan fingerprint density at radius 2 is 2.05 bits per heavy atom. The van der Waals surface area contributed by atoms with Gasteiger partial charge in [-0.1, -0.05) is 32.6 Å². The molecule has 5 nitrogen and oxygen atoms in total. The van der Waals surface area contributed by atoms with Crippen molar-refractivity contribution in [3.05, 3.63) is 36.1 Å². The Bertz CT molecular complexity index is 418. The highest BCUT2D eigenvalue weighted by Crippen LogP contribution is 2.07. The molecule has 1 fully saturated rings. The molecule has 1 atom stereocenters. The van der Waals surface area contributed by atoms with E-state index in [1.165, 1.54) is 0 Å². The highest BCUT2D eigenvalue weighted by molar-refractivity contribution is 7.79. The summed E-state index contributed by atoms with van der Waals surface area (Å²) in [5, 5.41) is 5.40. The molecular formula is C16H29N3O2S. The maximum atomic E-state index is 11.5. The topological polar surface area (TPSA) is 84.2 Å². The van der Waals surface area contributed by atoms with Crippen LogP contribution >= 0.6 is 12.6 Å². The van der Waals surface area contributed by atoms with E-state index >= 15 is 0 Å². The minimum atomic E-state index is -0.339. The van der Waals surface area contributed by atoms with Crippen molar-refractivity contribution in [1.29, 1.82) is 0 Å². The van der Waals surface area contributed by atoms with E-state index in [1.54, 1.807) is 18.4 Å². The molecule has 126 valence electrons. The molecule has 0 aromatic heterocycles. The Kier molecular flexibility index (Phi) is 14.9. The van der Waals surface area contributed by atoms with Crippen LogP contribution in [0.15, 0.2) is 36.1 Å². The molecule has 1 aliphatic rings. The van der Waals surface area contributed by atoms with Gasteiger partial charge in [0, 0.05) is 18.7 Å². The van der Waals surface area contributed by atoms with Crippen LogP contribution in [-0.2, 0) is 9.59 Å². The second kappa shape index (κ2) is 14.4. The van der Waals surface area contributed by atoms with Crippen LogP contribution in [0, 0.1) is 0 Å². The van der Waals surface area contributed by atoms with Gasteiger partial charge < -0.3 is 11.1 Å². The average Bonchev–Trinajstić information content (AvgIpc) is 2.54. The summed E-state index contributed by atoms with van der Waals surface area (Å²) in [7, 11) is 0. The summed E-state index contributed by atoms with van der Waals surface area (Å²) in [5.74, 6) is -0.483. The quantitative estimate of drug-likeness (QED) is 0.353. The molecule has 1 heterocycles. The number of piperidine rings is 1. The van der Waals surface area contributed by atoms with Crippen molar-refractivity contribution >= 4 is 24.4 Å². The fourth-order valence-electron chi connectivity index (χ4n) is 1.73. The van der Waals surface area contributed by atoms with Crippen LogP contribution in [0.2, 0.25) is 0 Å². The summed E-state index contributed by atoms with van der Waals surface area (Å²) < 4.78 is 0. The lowest BCUT2D eigenvalue weighted by Crippen LogP contribution is -2.51. The summed E-state index contributed by atoms with van der Waals surface area (Å²) in [4.78, 5) is 22.5. The third-order valence-electron chi connectivity index (χ3n) is 2.79. The van der Waals surface area contributed by atoms with Gasteiger partial charge in [0.25, 0.3) is 0 Å². The van der Waals surface area contributed by atoms with E-state index in [0.717, 1.165) is 5.57 Å². The van der Waals surface area contributed by atoms with Crippen molar-refractivity contribution in [3.8, 4) is 0 Å². The number of thiol groups is 1. The van der Waals surface area contributed by atoms with Gasteiger partial charge >= 0.3 is 0 Å². The number of rotatable bonds is 5. The van der Waals surface area contributed by atoms with E-state index in [0.29, 0.717) is 25.1 Å². The normalized spacial score (nSPS) is 18.3. The zero-order valence-electron chi connectivity index (χ0n) is 14.0. The van der Waals surface area contributed by atoms with Crippen molar-refractivity contribution in [2.75, 3.05) is 12.8 Å². The summed E-state index contributed by atoms with van der Waals surface area (Å²) in [6.07, 6.45) is 7.79. The zero-order valence-corrected chi connectivity index (χ0v) is 14.9. The van der Waals surface area contributed by atoms with Gasteiger partial charge in [-0.05, 0) is 31.2 Å². The number of imide groups is 1. The van der Waals surface area contributed by atoms with E-state index in [9.17, 15) is 9.59 Å². The predicted molar refractivity (Wildman–Crippen MR) is 96.7 cm³/mol. The Morgan fingerprint density at radius 1 is 1.45 bits per heavy atom. The smallest absolute Gasteiger partial charge is 0.243 e. The third-order valence-corrected chi connectivity index (χ3v) is 2.79. The fraction of sp³-hybridized carbons (Fsp3) is 0.500. The van der Waals surface area contributed by atoms with Gasteiger partial charge in [-0.15, -0.1) is 0 Å². The van der Waals surface area contributed by atoms with Crippen molar-refractivity contribution < 1.29 is 9.59 Å². The Labute approximate surface area is 139 Å². The summed E-state index contributed by atoms with van der Waals surface area (Å²) in [5.41, 5.74) is 7.36. The van der Waals surface area contributed by atoms with E-state index in [1.807, 2.05) is 26.8 Å². The SMILES string of the molecule is C=C/C=C(N)\C(=C/C)CNC1CCC(=O)NC1=O.CC.CS. The van der Waals surface area contributed by atoms with Gasteiger partial charge in [-0.3, -0.25) is 14.9 Å². The number of nitrogens with one attached hydrogen (secondary N) is 2. The molecule has 22 heavy (non-hydrogen) atoms. The minimum Gasteiger partial charge on any atom is -0.398 e. The molecule has 0 radical (unpaired) electrons. The predicted octanol–water partition coefficient (Wildman–Crippen LogP) is 1.93. The fourth-order valence-corrected chi connectivity index (χ4v) is 1.73. The molecule has 2 amide bonds. The average molecular weight is 327 g/mol. The summed E-state index contributed by atoms with van der Waals surface area (Å²) in [6.45, 7) is 9.95. The van der Waals surface area contributed by atoms with Crippen LogP contribution in [0.3, 0.4) is 0 Å². The highest BCUT2D eigenvalue weighted by atomic mass is 32.1. The second-order valence-electron chi connectivity index (χ2n) is 4.06. The standard InChI is InChI=1S/C13H19N3O2.C2H6.CH4S/c1-3-5-10(14)9(4-2)8-15-11-6-7-12(17)16-13(11)18;2*1-2/h3-5,11,15H,1,6-8,14H2,2H3,(H,16,17,18);1-2H3;2H,1H3/b9-4-,10-5+;;. The van der Waals surface area contributed by atoms with E-state index in [2.05, 4.69) is 29.8 Å². The van der Waals surface area contributed by atoms with E-state index < -0.39 is 0 Å². The lowest BCUT2D eigenvalue weighted by molar-refractivity contribution is -0.134. The molecule has 6 heteroatoms. The molecule has 1 saturated heterocycles. The Morgan fingerprint density at radius 3 is 2.50 bits per heavy atom. The maximum absolute atomic E-state index is 11.5. The van der Waals surface area contributed by atoms with Gasteiger partial charge in [0.05, 0.1) is 6.04 Å². The number of carbonyl (C=O) groups is 2. The van der Waals surface area contributed by atoms with Crippen LogP contribution in [0.4, 0.5) is 0 Å². The number of carbonyl (C=O) groups excluding carboxylic acids is 2. The monoisotopic (exact) mass is 327 g/mol. The number of hydrogen-bond acceptors (Lipinski definition) is 5. The van der Waals surface area contributed by atoms with Gasteiger partial charge in [-0.25, -0.2) is 0 Å². The first kappa shape index (κ1) is 22.7. The molecule has 4 N–H and O–H groups in total. The Balaban J connectivity index is 0. The van der Waals surface area contributed by atoms with Gasteiger partial charge in [0.2, 0.25) is 11.8 Å². The molecule has 0 aromatic rings. The zero-order chi connectivity index (χ0) is 17.5. The molecule has 1 aliphatic heterocycles. The van der Waals surface area contributed by atoms with Crippen LogP contribution < -0.4 is 16.4 Å². The summed E-state index contributed by atoms with van der Waals surface area (Å²) >= 11 is 3.53. The summed E-state index contributed by atoms with van der Waals surface area (Å²) in [6, 6.07) is -0.339. The minimum absolute atomic E-state index is 0.213. The van der Waals surface area contributed by atoms with Crippen molar-refractivity contribution in [2.45, 2.75) is 39.7 Å². The lowest BCUT2D eigenvalue weighted by atomic mass is 10.1. The number of nitrogens with two attached hydrogens (primary N) is 1. The first-order valence-corrected chi connectivity index (χ1v) is 8.23. The molecule has 0 aromatic carbocycles. The number of hydrogen-bond donors (Lipinski definition) is 4.